The summed E-state index contributed by atoms with van der Waals surface area (Å²) in [6.45, 7) is 0. The topological polar surface area (TPSA) is 42.4 Å². The van der Waals surface area contributed by atoms with Gasteiger partial charge in [0.2, 0.25) is 0 Å². The molecule has 0 unspecified atom stereocenters. The summed E-state index contributed by atoms with van der Waals surface area (Å²) in [7, 11) is 0. The van der Waals surface area contributed by atoms with Crippen molar-refractivity contribution in [1.29, 1.82) is 0 Å². The molecule has 1 heterocycles. The van der Waals surface area contributed by atoms with Gasteiger partial charge in [-0.15, -0.1) is 0 Å². The Kier molecular flexibility index (Phi) is 2.68. The van der Waals surface area contributed by atoms with Crippen LogP contribution in [-0.4, -0.2) is 10.1 Å². The Labute approximate surface area is 89.9 Å². The van der Waals surface area contributed by atoms with E-state index in [1.807, 2.05) is 0 Å². The number of hydrogen-bond acceptors (Lipinski definition) is 3. The molecule has 1 aromatic heterocycles. The number of halogens is 2. The quantitative estimate of drug-likeness (QED) is 0.851. The zero-order valence-electron chi connectivity index (χ0n) is 8.02. The van der Waals surface area contributed by atoms with E-state index < -0.39 is 11.6 Å². The Morgan fingerprint density at radius 2 is 1.94 bits per heavy atom. The minimum absolute atomic E-state index is 0.0560. The molecule has 16 heavy (non-hydrogen) atoms. The van der Waals surface area contributed by atoms with Crippen LogP contribution in [0.1, 0.15) is 0 Å². The molecule has 0 atom stereocenters. The summed E-state index contributed by atoms with van der Waals surface area (Å²) in [6, 6.07) is 6.69. The highest BCUT2D eigenvalue weighted by atomic mass is 19.1. The molecule has 0 aliphatic heterocycles. The van der Waals surface area contributed by atoms with Gasteiger partial charge >= 0.3 is 0 Å². The van der Waals surface area contributed by atoms with Crippen molar-refractivity contribution in [1.82, 2.24) is 4.98 Å². The van der Waals surface area contributed by atoms with Gasteiger partial charge in [0.1, 0.15) is 5.82 Å². The highest BCUT2D eigenvalue weighted by molar-refractivity contribution is 5.40. The van der Waals surface area contributed by atoms with Crippen LogP contribution in [-0.2, 0) is 0 Å². The first-order valence-electron chi connectivity index (χ1n) is 4.44. The predicted octanol–water partition coefficient (Wildman–Crippen LogP) is 2.86. The molecule has 2 rings (SSSR count). The van der Waals surface area contributed by atoms with Gasteiger partial charge in [0.25, 0.3) is 5.88 Å². The molecule has 0 fully saturated rings. The van der Waals surface area contributed by atoms with Crippen LogP contribution in [0, 0.1) is 11.6 Å². The largest absolute Gasteiger partial charge is 0.504 e. The molecule has 0 saturated heterocycles. The van der Waals surface area contributed by atoms with Crippen LogP contribution in [0.4, 0.5) is 8.78 Å². The van der Waals surface area contributed by atoms with Gasteiger partial charge in [-0.2, -0.15) is 0 Å². The van der Waals surface area contributed by atoms with Gasteiger partial charge in [-0.05, 0) is 12.1 Å². The van der Waals surface area contributed by atoms with Gasteiger partial charge in [0, 0.05) is 6.07 Å². The molecule has 3 nitrogen and oxygen atoms in total. The monoisotopic (exact) mass is 223 g/mol. The van der Waals surface area contributed by atoms with Gasteiger partial charge in [0.05, 0.1) is 6.20 Å². The molecular formula is C11H7F2NO2. The zero-order valence-corrected chi connectivity index (χ0v) is 8.02. The van der Waals surface area contributed by atoms with E-state index in [-0.39, 0.29) is 17.4 Å². The van der Waals surface area contributed by atoms with E-state index in [1.165, 1.54) is 12.1 Å². The van der Waals surface area contributed by atoms with Gasteiger partial charge in [0.15, 0.2) is 17.3 Å². The zero-order chi connectivity index (χ0) is 11.5. The molecule has 5 heteroatoms. The van der Waals surface area contributed by atoms with Crippen LogP contribution in [0.5, 0.6) is 17.4 Å². The van der Waals surface area contributed by atoms with Crippen molar-refractivity contribution < 1.29 is 18.6 Å². The van der Waals surface area contributed by atoms with Crippen LogP contribution >= 0.6 is 0 Å². The summed E-state index contributed by atoms with van der Waals surface area (Å²) in [6.07, 6.45) is 0.832. The molecule has 0 aliphatic carbocycles. The molecule has 1 aromatic carbocycles. The van der Waals surface area contributed by atoms with Crippen LogP contribution in [0.2, 0.25) is 0 Å². The molecule has 0 aliphatic rings. The summed E-state index contributed by atoms with van der Waals surface area (Å²) in [5, 5.41) is 9.37. The maximum atomic E-state index is 13.2. The van der Waals surface area contributed by atoms with Gasteiger partial charge in [-0.1, -0.05) is 12.1 Å². The van der Waals surface area contributed by atoms with Crippen molar-refractivity contribution in [2.24, 2.45) is 0 Å². The molecular weight excluding hydrogens is 216 g/mol. The molecule has 2 aromatic rings. The first-order valence-corrected chi connectivity index (χ1v) is 4.44. The maximum absolute atomic E-state index is 13.2. The third-order valence-corrected chi connectivity index (χ3v) is 1.85. The summed E-state index contributed by atoms with van der Waals surface area (Å²) >= 11 is 0. The van der Waals surface area contributed by atoms with Crippen LogP contribution in [0.3, 0.4) is 0 Å². The van der Waals surface area contributed by atoms with E-state index in [9.17, 15) is 13.9 Å². The molecule has 0 amide bonds. The number of pyridine rings is 1. The minimum Gasteiger partial charge on any atom is -0.504 e. The lowest BCUT2D eigenvalue weighted by Gasteiger charge is -2.06. The fourth-order valence-electron chi connectivity index (χ4n) is 1.12. The van der Waals surface area contributed by atoms with Crippen molar-refractivity contribution in [3.05, 3.63) is 48.2 Å². The highest BCUT2D eigenvalue weighted by Crippen LogP contribution is 2.29. The van der Waals surface area contributed by atoms with E-state index >= 15 is 0 Å². The summed E-state index contributed by atoms with van der Waals surface area (Å²) in [5.74, 6) is -2.19. The number of aromatic hydroxyl groups is 1. The lowest BCUT2D eigenvalue weighted by atomic mass is 10.3. The number of ether oxygens (including phenoxy) is 1. The smallest absolute Gasteiger partial charge is 0.256 e. The minimum atomic E-state index is -0.928. The Morgan fingerprint density at radius 3 is 2.62 bits per heavy atom. The molecule has 82 valence electrons. The number of phenols is 1. The Balaban J connectivity index is 2.31. The predicted molar refractivity (Wildman–Crippen MR) is 52.3 cm³/mol. The number of benzene rings is 1. The van der Waals surface area contributed by atoms with Crippen molar-refractivity contribution >= 4 is 0 Å². The maximum Gasteiger partial charge on any atom is 0.256 e. The van der Waals surface area contributed by atoms with E-state index in [0.29, 0.717) is 6.07 Å². The normalized spacial score (nSPS) is 10.1. The number of phenolic OH excluding ortho intramolecular Hbond substituents is 1. The van der Waals surface area contributed by atoms with Gasteiger partial charge in [-0.3, -0.25) is 0 Å². The lowest BCUT2D eigenvalue weighted by Crippen LogP contribution is -1.93. The Morgan fingerprint density at radius 1 is 1.19 bits per heavy atom. The second-order valence-corrected chi connectivity index (χ2v) is 3.01. The van der Waals surface area contributed by atoms with Crippen molar-refractivity contribution in [3.63, 3.8) is 0 Å². The number of hydrogen-bond donors (Lipinski definition) is 1. The molecule has 0 bridgehead atoms. The average molecular weight is 223 g/mol. The fourth-order valence-corrected chi connectivity index (χ4v) is 1.12. The Bertz CT molecular complexity index is 517. The van der Waals surface area contributed by atoms with Crippen molar-refractivity contribution in [3.8, 4) is 17.4 Å². The lowest BCUT2D eigenvalue weighted by molar-refractivity contribution is 0.381. The summed E-state index contributed by atoms with van der Waals surface area (Å²) in [5.41, 5.74) is 0. The first-order chi connectivity index (χ1) is 7.66. The fraction of sp³-hybridized carbons (Fsp3) is 0. The second-order valence-electron chi connectivity index (χ2n) is 3.01. The number of aromatic nitrogens is 1. The van der Waals surface area contributed by atoms with Crippen molar-refractivity contribution in [2.75, 3.05) is 0 Å². The van der Waals surface area contributed by atoms with Crippen LogP contribution in [0.25, 0.3) is 0 Å². The molecule has 1 N–H and O–H groups in total. The standard InChI is InChI=1S/C11H7F2NO2/c12-7-5-8(13)11(14-6-7)16-10-4-2-1-3-9(10)15/h1-6,15H. The first kappa shape index (κ1) is 10.4. The van der Waals surface area contributed by atoms with Gasteiger partial charge < -0.3 is 9.84 Å². The number of rotatable bonds is 2. The average Bonchev–Trinajstić information content (AvgIpc) is 2.25. The third-order valence-electron chi connectivity index (χ3n) is 1.85. The van der Waals surface area contributed by atoms with E-state index in [0.717, 1.165) is 6.20 Å². The molecule has 0 saturated carbocycles. The molecule has 0 spiro atoms. The highest BCUT2D eigenvalue weighted by Gasteiger charge is 2.09. The van der Waals surface area contributed by atoms with Gasteiger partial charge in [-0.25, -0.2) is 13.8 Å². The van der Waals surface area contributed by atoms with E-state index in [4.69, 9.17) is 4.74 Å². The number of para-hydroxylation sites is 2. The summed E-state index contributed by atoms with van der Waals surface area (Å²) in [4.78, 5) is 3.43. The molecule has 0 radical (unpaired) electrons. The summed E-state index contributed by atoms with van der Waals surface area (Å²) < 4.78 is 30.7. The third kappa shape index (κ3) is 2.08. The SMILES string of the molecule is Oc1ccccc1Oc1ncc(F)cc1F. The van der Waals surface area contributed by atoms with E-state index in [2.05, 4.69) is 4.98 Å². The van der Waals surface area contributed by atoms with Crippen molar-refractivity contribution in [2.45, 2.75) is 0 Å². The number of nitrogens with zero attached hydrogens (tertiary/aromatic N) is 1. The Hall–Kier alpha value is -2.17. The van der Waals surface area contributed by atoms with E-state index in [1.54, 1.807) is 12.1 Å². The second kappa shape index (κ2) is 4.14. The van der Waals surface area contributed by atoms with Crippen LogP contribution < -0.4 is 4.74 Å². The van der Waals surface area contributed by atoms with Crippen LogP contribution in [0.15, 0.2) is 36.5 Å².